The largest absolute Gasteiger partial charge is 0.349 e. The van der Waals surface area contributed by atoms with Crippen LogP contribution in [0.5, 0.6) is 0 Å². The van der Waals surface area contributed by atoms with Crippen molar-refractivity contribution in [3.63, 3.8) is 0 Å². The number of benzene rings is 1. The summed E-state index contributed by atoms with van der Waals surface area (Å²) >= 11 is 0. The van der Waals surface area contributed by atoms with Crippen LogP contribution in [-0.2, 0) is 11.2 Å². The second kappa shape index (κ2) is 10.6. The van der Waals surface area contributed by atoms with Gasteiger partial charge in [0.2, 0.25) is 5.91 Å². The summed E-state index contributed by atoms with van der Waals surface area (Å²) in [4.78, 5) is 12.0. The summed E-state index contributed by atoms with van der Waals surface area (Å²) in [6.07, 6.45) is 5.37. The van der Waals surface area contributed by atoms with Crippen LogP contribution in [0.1, 0.15) is 57.1 Å². The molecule has 22 heavy (non-hydrogen) atoms. The third-order valence-corrected chi connectivity index (χ3v) is 4.39. The predicted octanol–water partition coefficient (Wildman–Crippen LogP) is 3.76. The molecule has 0 heterocycles. The molecule has 3 N–H and O–H groups in total. The fourth-order valence-electron chi connectivity index (χ4n) is 2.49. The van der Waals surface area contributed by atoms with Gasteiger partial charge in [0.25, 0.3) is 0 Å². The Morgan fingerprint density at radius 2 is 1.73 bits per heavy atom. The third kappa shape index (κ3) is 6.80. The molecule has 0 aromatic heterocycles. The molecule has 0 unspecified atom stereocenters. The Bertz CT molecular complexity index is 419. The molecule has 0 radical (unpaired) electrons. The van der Waals surface area contributed by atoms with E-state index in [2.05, 4.69) is 50.4 Å². The van der Waals surface area contributed by atoms with E-state index >= 15 is 0 Å². The van der Waals surface area contributed by atoms with Gasteiger partial charge in [0.1, 0.15) is 0 Å². The van der Waals surface area contributed by atoms with E-state index in [9.17, 15) is 4.79 Å². The topological polar surface area (TPSA) is 55.1 Å². The quantitative estimate of drug-likeness (QED) is 0.679. The highest BCUT2D eigenvalue weighted by Gasteiger charge is 2.25. The Labute approximate surface area is 141 Å². The van der Waals surface area contributed by atoms with Crippen LogP contribution in [0.4, 0.5) is 0 Å². The molecule has 0 atom stereocenters. The number of unbranched alkanes of at least 4 members (excludes halogenated alkanes) is 1. The predicted molar refractivity (Wildman–Crippen MR) is 96.5 cm³/mol. The average molecular weight is 327 g/mol. The third-order valence-electron chi connectivity index (χ3n) is 4.39. The fourth-order valence-corrected chi connectivity index (χ4v) is 2.49. The van der Waals surface area contributed by atoms with Crippen LogP contribution in [-0.4, -0.2) is 18.0 Å². The van der Waals surface area contributed by atoms with Gasteiger partial charge in [-0.05, 0) is 44.6 Å². The van der Waals surface area contributed by atoms with Gasteiger partial charge in [-0.1, -0.05) is 43.7 Å². The van der Waals surface area contributed by atoms with Crippen LogP contribution < -0.4 is 11.1 Å². The maximum atomic E-state index is 12.0. The molecule has 126 valence electrons. The number of hydrogen-bond acceptors (Lipinski definition) is 2. The van der Waals surface area contributed by atoms with Crippen molar-refractivity contribution in [3.8, 4) is 0 Å². The molecule has 0 bridgehead atoms. The van der Waals surface area contributed by atoms with Crippen LogP contribution in [0.2, 0.25) is 0 Å². The van der Waals surface area contributed by atoms with Crippen molar-refractivity contribution in [2.45, 2.75) is 64.8 Å². The van der Waals surface area contributed by atoms with Gasteiger partial charge >= 0.3 is 0 Å². The van der Waals surface area contributed by atoms with Crippen molar-refractivity contribution in [1.82, 2.24) is 5.32 Å². The van der Waals surface area contributed by atoms with E-state index in [0.717, 1.165) is 32.1 Å². The molecule has 0 fully saturated rings. The lowest BCUT2D eigenvalue weighted by atomic mass is 9.92. The van der Waals surface area contributed by atoms with Crippen LogP contribution in [0, 0.1) is 6.92 Å². The van der Waals surface area contributed by atoms with Gasteiger partial charge in [-0.25, -0.2) is 0 Å². The number of rotatable bonds is 9. The van der Waals surface area contributed by atoms with Gasteiger partial charge < -0.3 is 11.1 Å². The highest BCUT2D eigenvalue weighted by molar-refractivity contribution is 5.85. The number of nitrogens with two attached hydrogens (primary N) is 1. The Morgan fingerprint density at radius 3 is 2.23 bits per heavy atom. The Kier molecular flexibility index (Phi) is 10.1. The number of amides is 1. The molecule has 1 rings (SSSR count). The standard InChI is InChI=1S/C18H30N2O.ClH/c1-4-18(5-2,14-19)20-17(21)9-7-6-8-16-12-10-15(3)11-13-16;/h10-13H,4-9,14,19H2,1-3H3,(H,20,21);1H. The first-order chi connectivity index (χ1) is 10.0. The van der Waals surface area contributed by atoms with E-state index in [1.807, 2.05) is 0 Å². The Hall–Kier alpha value is -1.06. The summed E-state index contributed by atoms with van der Waals surface area (Å²) in [5.74, 6) is 0.132. The highest BCUT2D eigenvalue weighted by Crippen LogP contribution is 2.14. The van der Waals surface area contributed by atoms with E-state index in [0.29, 0.717) is 13.0 Å². The van der Waals surface area contributed by atoms with Crippen molar-refractivity contribution in [3.05, 3.63) is 35.4 Å². The highest BCUT2D eigenvalue weighted by atomic mass is 35.5. The van der Waals surface area contributed by atoms with Crippen LogP contribution in [0.15, 0.2) is 24.3 Å². The van der Waals surface area contributed by atoms with Gasteiger partial charge in [-0.2, -0.15) is 0 Å². The minimum atomic E-state index is -0.214. The summed E-state index contributed by atoms with van der Waals surface area (Å²) in [5, 5.41) is 3.12. The number of hydrogen-bond donors (Lipinski definition) is 2. The molecule has 0 saturated heterocycles. The van der Waals surface area contributed by atoms with Crippen LogP contribution >= 0.6 is 12.4 Å². The molecule has 0 aliphatic carbocycles. The number of nitrogens with one attached hydrogen (secondary N) is 1. The van der Waals surface area contributed by atoms with Gasteiger partial charge in [-0.3, -0.25) is 4.79 Å². The van der Waals surface area contributed by atoms with Crippen molar-refractivity contribution >= 4 is 18.3 Å². The summed E-state index contributed by atoms with van der Waals surface area (Å²) < 4.78 is 0. The van der Waals surface area contributed by atoms with Crippen molar-refractivity contribution in [1.29, 1.82) is 0 Å². The normalized spacial score (nSPS) is 10.9. The first-order valence-corrected chi connectivity index (χ1v) is 8.12. The number of halogens is 1. The lowest BCUT2D eigenvalue weighted by Crippen LogP contribution is -2.52. The molecule has 1 aromatic rings. The molecular weight excluding hydrogens is 296 g/mol. The monoisotopic (exact) mass is 326 g/mol. The second-order valence-corrected chi connectivity index (χ2v) is 5.93. The fraction of sp³-hybridized carbons (Fsp3) is 0.611. The molecule has 4 heteroatoms. The summed E-state index contributed by atoms with van der Waals surface area (Å²) in [6, 6.07) is 8.62. The minimum absolute atomic E-state index is 0. The van der Waals surface area contributed by atoms with Crippen LogP contribution in [0.25, 0.3) is 0 Å². The molecular formula is C18H31ClN2O. The Balaban J connectivity index is 0.00000441. The van der Waals surface area contributed by atoms with Gasteiger partial charge in [0, 0.05) is 13.0 Å². The Morgan fingerprint density at radius 1 is 1.14 bits per heavy atom. The molecule has 1 amide bonds. The zero-order valence-electron chi connectivity index (χ0n) is 14.2. The van der Waals surface area contributed by atoms with E-state index in [4.69, 9.17) is 5.73 Å². The maximum absolute atomic E-state index is 12.0. The van der Waals surface area contributed by atoms with Gasteiger partial charge in [0.05, 0.1) is 5.54 Å². The molecule has 0 spiro atoms. The maximum Gasteiger partial charge on any atom is 0.220 e. The zero-order chi connectivity index (χ0) is 15.7. The van der Waals surface area contributed by atoms with Crippen molar-refractivity contribution in [2.24, 2.45) is 5.73 Å². The average Bonchev–Trinajstić information content (AvgIpc) is 2.51. The zero-order valence-corrected chi connectivity index (χ0v) is 15.0. The summed E-state index contributed by atoms with van der Waals surface area (Å²) in [5.41, 5.74) is 8.23. The van der Waals surface area contributed by atoms with Crippen molar-refractivity contribution in [2.75, 3.05) is 6.54 Å². The van der Waals surface area contributed by atoms with Crippen LogP contribution in [0.3, 0.4) is 0 Å². The molecule has 0 aliphatic heterocycles. The lowest BCUT2D eigenvalue weighted by molar-refractivity contribution is -0.123. The summed E-state index contributed by atoms with van der Waals surface area (Å²) in [6.45, 7) is 6.76. The summed E-state index contributed by atoms with van der Waals surface area (Å²) in [7, 11) is 0. The number of carbonyl (C=O) groups excluding carboxylic acids is 1. The lowest BCUT2D eigenvalue weighted by Gasteiger charge is -2.31. The van der Waals surface area contributed by atoms with E-state index in [-0.39, 0.29) is 23.9 Å². The van der Waals surface area contributed by atoms with Gasteiger partial charge in [-0.15, -0.1) is 12.4 Å². The first-order valence-electron chi connectivity index (χ1n) is 8.12. The van der Waals surface area contributed by atoms with E-state index in [1.165, 1.54) is 11.1 Å². The molecule has 3 nitrogen and oxygen atoms in total. The molecule has 1 aromatic carbocycles. The second-order valence-electron chi connectivity index (χ2n) is 5.93. The van der Waals surface area contributed by atoms with Gasteiger partial charge in [0.15, 0.2) is 0 Å². The van der Waals surface area contributed by atoms with Crippen molar-refractivity contribution < 1.29 is 4.79 Å². The minimum Gasteiger partial charge on any atom is -0.349 e. The molecule has 0 aliphatic rings. The first kappa shape index (κ1) is 20.9. The van der Waals surface area contributed by atoms with E-state index < -0.39 is 0 Å². The number of carbonyl (C=O) groups is 1. The smallest absolute Gasteiger partial charge is 0.220 e. The SMILES string of the molecule is CCC(CC)(CN)NC(=O)CCCCc1ccc(C)cc1.Cl. The van der Waals surface area contributed by atoms with E-state index in [1.54, 1.807) is 0 Å². The molecule has 0 saturated carbocycles. The number of aryl methyl sites for hydroxylation is 2.